The average Bonchev–Trinajstić information content (AvgIpc) is 3.31. The third kappa shape index (κ3) is 4.73. The van der Waals surface area contributed by atoms with Crippen molar-refractivity contribution in [3.8, 4) is 16.9 Å². The van der Waals surface area contributed by atoms with Gasteiger partial charge in [-0.2, -0.15) is 0 Å². The first-order valence-corrected chi connectivity index (χ1v) is 11.8. The maximum atomic E-state index is 13.1. The van der Waals surface area contributed by atoms with Crippen molar-refractivity contribution >= 4 is 33.2 Å². The Bertz CT molecular complexity index is 1580. The van der Waals surface area contributed by atoms with Crippen LogP contribution in [-0.4, -0.2) is 19.6 Å². The van der Waals surface area contributed by atoms with Gasteiger partial charge in [-0.05, 0) is 59.0 Å². The number of carbonyl (C=O) groups excluding carboxylic acids is 1. The number of furan rings is 1. The van der Waals surface area contributed by atoms with Gasteiger partial charge in [-0.25, -0.2) is 4.39 Å². The van der Waals surface area contributed by atoms with E-state index < -0.39 is 0 Å². The van der Waals surface area contributed by atoms with E-state index in [0.29, 0.717) is 18.7 Å². The predicted octanol–water partition coefficient (Wildman–Crippen LogP) is 7.16. The van der Waals surface area contributed by atoms with E-state index in [-0.39, 0.29) is 11.7 Å². The highest BCUT2D eigenvalue weighted by atomic mass is 19.1. The van der Waals surface area contributed by atoms with Crippen molar-refractivity contribution in [3.05, 3.63) is 108 Å². The van der Waals surface area contributed by atoms with Crippen LogP contribution in [0.3, 0.4) is 0 Å². The number of allylic oxidation sites excluding steroid dienone is 1. The molecule has 0 saturated heterocycles. The van der Waals surface area contributed by atoms with E-state index in [9.17, 15) is 9.18 Å². The fourth-order valence-corrected chi connectivity index (χ4v) is 4.51. The molecule has 0 spiro atoms. The highest BCUT2D eigenvalue weighted by molar-refractivity contribution is 6.06. The van der Waals surface area contributed by atoms with Crippen LogP contribution in [-0.2, 0) is 11.2 Å². The van der Waals surface area contributed by atoms with Crippen LogP contribution in [0, 0.1) is 5.82 Å². The first kappa shape index (κ1) is 23.4. The number of methoxy groups -OCH3 is 1. The molecule has 0 atom stereocenters. The lowest BCUT2D eigenvalue weighted by Gasteiger charge is -2.11. The molecule has 1 heterocycles. The summed E-state index contributed by atoms with van der Waals surface area (Å²) in [6, 6.07) is 24.7. The number of halogens is 1. The fourth-order valence-electron chi connectivity index (χ4n) is 4.51. The zero-order valence-corrected chi connectivity index (χ0v) is 20.2. The molecule has 36 heavy (non-hydrogen) atoms. The van der Waals surface area contributed by atoms with E-state index in [4.69, 9.17) is 9.15 Å². The summed E-state index contributed by atoms with van der Waals surface area (Å²) in [4.78, 5) is 12.6. The quantitative estimate of drug-likeness (QED) is 0.252. The van der Waals surface area contributed by atoms with E-state index in [1.807, 2.05) is 37.3 Å². The Kier molecular flexibility index (Phi) is 6.54. The number of hydrogen-bond donors (Lipinski definition) is 1. The van der Waals surface area contributed by atoms with Crippen molar-refractivity contribution in [1.82, 2.24) is 5.32 Å². The van der Waals surface area contributed by atoms with E-state index in [2.05, 4.69) is 29.6 Å². The number of benzene rings is 4. The van der Waals surface area contributed by atoms with Crippen molar-refractivity contribution in [2.45, 2.75) is 13.3 Å². The predicted molar refractivity (Wildman–Crippen MR) is 142 cm³/mol. The second kappa shape index (κ2) is 10.1. The summed E-state index contributed by atoms with van der Waals surface area (Å²) >= 11 is 0. The molecule has 0 radical (unpaired) electrons. The molecule has 1 aromatic heterocycles. The highest BCUT2D eigenvalue weighted by Crippen LogP contribution is 2.39. The van der Waals surface area contributed by atoms with Gasteiger partial charge >= 0.3 is 0 Å². The highest BCUT2D eigenvalue weighted by Gasteiger charge is 2.16. The van der Waals surface area contributed by atoms with Crippen LogP contribution in [0.15, 0.2) is 95.6 Å². The molecule has 0 saturated carbocycles. The molecule has 5 aromatic rings. The van der Waals surface area contributed by atoms with E-state index >= 15 is 0 Å². The van der Waals surface area contributed by atoms with Crippen LogP contribution in [0.25, 0.3) is 38.4 Å². The van der Waals surface area contributed by atoms with Gasteiger partial charge in [-0.15, -0.1) is 0 Å². The van der Waals surface area contributed by atoms with Crippen LogP contribution >= 0.6 is 0 Å². The molecule has 5 rings (SSSR count). The van der Waals surface area contributed by atoms with Gasteiger partial charge in [0, 0.05) is 35.2 Å². The fraction of sp³-hybridized carbons (Fsp3) is 0.129. The van der Waals surface area contributed by atoms with Gasteiger partial charge in [0.1, 0.15) is 17.1 Å². The van der Waals surface area contributed by atoms with Gasteiger partial charge in [0.05, 0.1) is 13.4 Å². The van der Waals surface area contributed by atoms with Gasteiger partial charge in [0.2, 0.25) is 5.91 Å². The Morgan fingerprint density at radius 2 is 1.75 bits per heavy atom. The summed E-state index contributed by atoms with van der Waals surface area (Å²) in [7, 11) is 1.61. The molecule has 0 unspecified atom stereocenters. The van der Waals surface area contributed by atoms with Gasteiger partial charge < -0.3 is 14.5 Å². The second-order valence-corrected chi connectivity index (χ2v) is 8.72. The topological polar surface area (TPSA) is 51.5 Å². The van der Waals surface area contributed by atoms with E-state index in [1.54, 1.807) is 31.6 Å². The Morgan fingerprint density at radius 1 is 0.972 bits per heavy atom. The summed E-state index contributed by atoms with van der Waals surface area (Å²) in [6.07, 6.45) is 3.97. The molecule has 0 bridgehead atoms. The number of nitrogens with one attached hydrogen (secondary N) is 1. The van der Waals surface area contributed by atoms with Crippen LogP contribution in [0.2, 0.25) is 0 Å². The summed E-state index contributed by atoms with van der Waals surface area (Å²) in [5.41, 5.74) is 5.35. The first-order chi connectivity index (χ1) is 17.5. The van der Waals surface area contributed by atoms with Crippen molar-refractivity contribution in [1.29, 1.82) is 0 Å². The van der Waals surface area contributed by atoms with Crippen molar-refractivity contribution in [3.63, 3.8) is 0 Å². The molecule has 0 aliphatic carbocycles. The minimum absolute atomic E-state index is 0.196. The van der Waals surface area contributed by atoms with Crippen molar-refractivity contribution < 1.29 is 18.3 Å². The van der Waals surface area contributed by atoms with Gasteiger partial charge in [-0.1, -0.05) is 54.6 Å². The molecule has 0 fully saturated rings. The Morgan fingerprint density at radius 3 is 2.56 bits per heavy atom. The molecular formula is C31H26FNO3. The number of hydrogen-bond acceptors (Lipinski definition) is 3. The summed E-state index contributed by atoms with van der Waals surface area (Å²) < 4.78 is 24.6. The van der Waals surface area contributed by atoms with Crippen LogP contribution in [0.4, 0.5) is 4.39 Å². The third-order valence-electron chi connectivity index (χ3n) is 6.37. The van der Waals surface area contributed by atoms with Crippen LogP contribution in [0.5, 0.6) is 5.75 Å². The van der Waals surface area contributed by atoms with Crippen molar-refractivity contribution in [2.75, 3.05) is 13.7 Å². The van der Waals surface area contributed by atoms with Gasteiger partial charge in [-0.3, -0.25) is 4.79 Å². The number of carbonyl (C=O) groups is 1. The standard InChI is InChI=1S/C31H26FNO3/c1-20(16-31(34)33-15-14-21-10-12-23(32)13-11-21)26-17-27-28(19-36-30(27)18-29(26)35-2)25-9-5-7-22-6-3-4-8-24(22)25/h3-13,16-19H,14-15H2,1-2H3,(H,33,34)/b20-16+. The van der Waals surface area contributed by atoms with Crippen LogP contribution < -0.4 is 10.1 Å². The zero-order chi connectivity index (χ0) is 25.1. The third-order valence-corrected chi connectivity index (χ3v) is 6.37. The molecule has 180 valence electrons. The molecule has 5 heteroatoms. The SMILES string of the molecule is COc1cc2occ(-c3cccc4ccccc34)c2cc1/C(C)=C/C(=O)NCCc1ccc(F)cc1. The van der Waals surface area contributed by atoms with Gasteiger partial charge in [0.15, 0.2) is 0 Å². The van der Waals surface area contributed by atoms with Crippen molar-refractivity contribution in [2.24, 2.45) is 0 Å². The Hall–Kier alpha value is -4.38. The average molecular weight is 480 g/mol. The molecular weight excluding hydrogens is 453 g/mol. The summed E-state index contributed by atoms with van der Waals surface area (Å²) in [5.74, 6) is 0.168. The Labute approximate surface area is 209 Å². The minimum atomic E-state index is -0.270. The second-order valence-electron chi connectivity index (χ2n) is 8.72. The minimum Gasteiger partial charge on any atom is -0.496 e. The van der Waals surface area contributed by atoms with E-state index in [0.717, 1.165) is 49.6 Å². The first-order valence-electron chi connectivity index (χ1n) is 11.8. The number of amides is 1. The lowest BCUT2D eigenvalue weighted by molar-refractivity contribution is -0.116. The van der Waals surface area contributed by atoms with E-state index in [1.165, 1.54) is 12.1 Å². The zero-order valence-electron chi connectivity index (χ0n) is 20.2. The normalized spacial score (nSPS) is 11.7. The molecule has 0 aliphatic heterocycles. The maximum Gasteiger partial charge on any atom is 0.244 e. The molecule has 4 nitrogen and oxygen atoms in total. The largest absolute Gasteiger partial charge is 0.496 e. The smallest absolute Gasteiger partial charge is 0.244 e. The summed E-state index contributed by atoms with van der Waals surface area (Å²) in [6.45, 7) is 2.35. The molecule has 0 aliphatic rings. The Balaban J connectivity index is 1.43. The summed E-state index contributed by atoms with van der Waals surface area (Å²) in [5, 5.41) is 6.16. The molecule has 1 N–H and O–H groups in total. The number of rotatable bonds is 7. The van der Waals surface area contributed by atoms with Crippen LogP contribution in [0.1, 0.15) is 18.1 Å². The monoisotopic (exact) mass is 479 g/mol. The molecule has 1 amide bonds. The lowest BCUT2D eigenvalue weighted by atomic mass is 9.96. The maximum absolute atomic E-state index is 13.1. The lowest BCUT2D eigenvalue weighted by Crippen LogP contribution is -2.23. The number of fused-ring (bicyclic) bond motifs is 2. The number of ether oxygens (including phenoxy) is 1. The molecule has 4 aromatic carbocycles. The van der Waals surface area contributed by atoms with Gasteiger partial charge in [0.25, 0.3) is 0 Å².